The van der Waals surface area contributed by atoms with E-state index in [1.807, 2.05) is 35.8 Å². The fourth-order valence-corrected chi connectivity index (χ4v) is 3.75. The lowest BCUT2D eigenvalue weighted by Gasteiger charge is -2.52. The molecule has 2 saturated heterocycles. The molecule has 1 aromatic heterocycles. The molecular weight excluding hydrogens is 306 g/mol. The minimum absolute atomic E-state index is 0.0228. The molecule has 0 bridgehead atoms. The molecule has 130 valence electrons. The minimum atomic E-state index is -0.414. The molecule has 3 rings (SSSR count). The summed E-state index contributed by atoms with van der Waals surface area (Å²) in [6.07, 6.45) is 4.72. The minimum Gasteiger partial charge on any atom is -0.369 e. The van der Waals surface area contributed by atoms with Gasteiger partial charge in [-0.25, -0.2) is 0 Å². The third-order valence-corrected chi connectivity index (χ3v) is 5.05. The molecule has 2 aliphatic heterocycles. The summed E-state index contributed by atoms with van der Waals surface area (Å²) >= 11 is 0. The predicted molar refractivity (Wildman–Crippen MR) is 89.1 cm³/mol. The Balaban J connectivity index is 1.70. The molecule has 2 unspecified atom stereocenters. The second kappa shape index (κ2) is 6.89. The van der Waals surface area contributed by atoms with Crippen molar-refractivity contribution < 1.29 is 14.3 Å². The van der Waals surface area contributed by atoms with E-state index in [-0.39, 0.29) is 29.8 Å². The van der Waals surface area contributed by atoms with Crippen LogP contribution >= 0.6 is 0 Å². The van der Waals surface area contributed by atoms with Gasteiger partial charge in [0.1, 0.15) is 0 Å². The Morgan fingerprint density at radius 2 is 1.88 bits per heavy atom. The van der Waals surface area contributed by atoms with Crippen molar-refractivity contribution in [2.45, 2.75) is 44.9 Å². The van der Waals surface area contributed by atoms with Crippen molar-refractivity contribution in [1.82, 2.24) is 14.8 Å². The van der Waals surface area contributed by atoms with Crippen LogP contribution in [0.2, 0.25) is 0 Å². The topological polar surface area (TPSA) is 62.7 Å². The first kappa shape index (κ1) is 16.9. The van der Waals surface area contributed by atoms with E-state index >= 15 is 0 Å². The average Bonchev–Trinajstić information content (AvgIpc) is 2.60. The van der Waals surface area contributed by atoms with E-state index in [1.54, 1.807) is 19.5 Å². The lowest BCUT2D eigenvalue weighted by atomic mass is 9.86. The Kier molecular flexibility index (Phi) is 4.85. The molecule has 0 saturated carbocycles. The third-order valence-electron chi connectivity index (χ3n) is 5.05. The van der Waals surface area contributed by atoms with Crippen molar-refractivity contribution in [1.29, 1.82) is 0 Å². The second-order valence-electron chi connectivity index (χ2n) is 6.84. The van der Waals surface area contributed by atoms with Crippen molar-refractivity contribution in [3.05, 3.63) is 30.1 Å². The molecule has 2 atom stereocenters. The number of nitrogens with zero attached hydrogens (tertiary/aromatic N) is 3. The maximum Gasteiger partial charge on any atom is 0.255 e. The van der Waals surface area contributed by atoms with Crippen molar-refractivity contribution >= 4 is 11.8 Å². The van der Waals surface area contributed by atoms with Gasteiger partial charge in [-0.1, -0.05) is 13.8 Å². The molecule has 1 aromatic rings. The molecule has 6 heteroatoms. The molecule has 0 aromatic carbocycles. The largest absolute Gasteiger partial charge is 0.369 e. The number of ether oxygens (including phenoxy) is 1. The molecule has 6 nitrogen and oxygen atoms in total. The van der Waals surface area contributed by atoms with E-state index in [9.17, 15) is 9.59 Å². The Labute approximate surface area is 142 Å². The first-order valence-electron chi connectivity index (χ1n) is 8.58. The van der Waals surface area contributed by atoms with Gasteiger partial charge in [0.05, 0.1) is 6.04 Å². The smallest absolute Gasteiger partial charge is 0.255 e. The van der Waals surface area contributed by atoms with Gasteiger partial charge >= 0.3 is 0 Å². The van der Waals surface area contributed by atoms with Crippen LogP contribution < -0.4 is 0 Å². The van der Waals surface area contributed by atoms with Crippen LogP contribution in [0.15, 0.2) is 24.5 Å². The number of hydrogen-bond donors (Lipinski definition) is 0. The molecule has 0 spiro atoms. The number of β-lactam (4-membered cyclic amide) rings is 1. The highest BCUT2D eigenvalue weighted by molar-refractivity contribution is 5.89. The lowest BCUT2D eigenvalue weighted by molar-refractivity contribution is -0.178. The maximum absolute atomic E-state index is 12.5. The summed E-state index contributed by atoms with van der Waals surface area (Å²) in [6.45, 7) is 5.28. The molecule has 2 fully saturated rings. The van der Waals surface area contributed by atoms with Crippen LogP contribution in [-0.2, 0) is 14.3 Å². The van der Waals surface area contributed by atoms with Crippen LogP contribution in [0.4, 0.5) is 0 Å². The normalized spacial score (nSPS) is 25.1. The van der Waals surface area contributed by atoms with E-state index < -0.39 is 6.10 Å². The number of pyridine rings is 1. The average molecular weight is 331 g/mol. The van der Waals surface area contributed by atoms with Gasteiger partial charge in [0, 0.05) is 44.6 Å². The van der Waals surface area contributed by atoms with Gasteiger partial charge < -0.3 is 14.5 Å². The van der Waals surface area contributed by atoms with Gasteiger partial charge in [-0.05, 0) is 30.5 Å². The quantitative estimate of drug-likeness (QED) is 0.787. The Bertz CT molecular complexity index is 597. The summed E-state index contributed by atoms with van der Waals surface area (Å²) in [4.78, 5) is 32.5. The number of methoxy groups -OCH3 is 1. The van der Waals surface area contributed by atoms with E-state index in [2.05, 4.69) is 4.98 Å². The van der Waals surface area contributed by atoms with Crippen LogP contribution in [0.25, 0.3) is 0 Å². The van der Waals surface area contributed by atoms with Crippen LogP contribution in [0.1, 0.15) is 38.3 Å². The van der Waals surface area contributed by atoms with Crippen LogP contribution in [0, 0.1) is 5.92 Å². The van der Waals surface area contributed by atoms with Crippen molar-refractivity contribution in [2.75, 3.05) is 20.2 Å². The van der Waals surface area contributed by atoms with Gasteiger partial charge in [0.25, 0.3) is 5.91 Å². The second-order valence-corrected chi connectivity index (χ2v) is 6.84. The maximum atomic E-state index is 12.5. The van der Waals surface area contributed by atoms with Crippen molar-refractivity contribution in [3.8, 4) is 0 Å². The summed E-state index contributed by atoms with van der Waals surface area (Å²) in [6, 6.07) is 3.99. The zero-order valence-corrected chi connectivity index (χ0v) is 14.5. The first-order valence-corrected chi connectivity index (χ1v) is 8.58. The molecular formula is C18H25N3O3. The van der Waals surface area contributed by atoms with Gasteiger partial charge in [-0.2, -0.15) is 0 Å². The van der Waals surface area contributed by atoms with Crippen molar-refractivity contribution in [2.24, 2.45) is 5.92 Å². The van der Waals surface area contributed by atoms with E-state index in [0.717, 1.165) is 18.4 Å². The van der Waals surface area contributed by atoms with E-state index in [4.69, 9.17) is 4.74 Å². The van der Waals surface area contributed by atoms with Crippen LogP contribution in [0.3, 0.4) is 0 Å². The molecule has 2 aliphatic rings. The number of likely N-dealkylation sites (tertiary alicyclic amines) is 2. The molecule has 2 amide bonds. The first-order chi connectivity index (χ1) is 11.5. The number of carbonyl (C=O) groups is 2. The lowest BCUT2D eigenvalue weighted by Crippen LogP contribution is -2.64. The molecule has 0 aliphatic carbocycles. The third kappa shape index (κ3) is 2.90. The van der Waals surface area contributed by atoms with Gasteiger partial charge in [-0.3, -0.25) is 14.6 Å². The van der Waals surface area contributed by atoms with Crippen LogP contribution in [-0.4, -0.2) is 58.9 Å². The molecule has 0 N–H and O–H groups in total. The van der Waals surface area contributed by atoms with Crippen LogP contribution in [0.5, 0.6) is 0 Å². The summed E-state index contributed by atoms with van der Waals surface area (Å²) in [5.74, 6) is 0.270. The Morgan fingerprint density at radius 3 is 2.42 bits per heavy atom. The number of aromatic nitrogens is 1. The highest BCUT2D eigenvalue weighted by Gasteiger charge is 2.51. The highest BCUT2D eigenvalue weighted by atomic mass is 16.5. The van der Waals surface area contributed by atoms with E-state index in [0.29, 0.717) is 13.1 Å². The van der Waals surface area contributed by atoms with Gasteiger partial charge in [-0.15, -0.1) is 0 Å². The highest BCUT2D eigenvalue weighted by Crippen LogP contribution is 2.40. The monoisotopic (exact) mass is 331 g/mol. The number of hydrogen-bond acceptors (Lipinski definition) is 4. The fraction of sp³-hybridized carbons (Fsp3) is 0.611. The molecule has 3 heterocycles. The molecule has 24 heavy (non-hydrogen) atoms. The Hall–Kier alpha value is -1.95. The zero-order chi connectivity index (χ0) is 17.3. The SMILES string of the molecule is COC1C(=O)N(C2CCN(C(=O)C(C)C)CC2)C1c1ccncc1. The summed E-state index contributed by atoms with van der Waals surface area (Å²) in [7, 11) is 1.58. The number of piperidine rings is 1. The zero-order valence-electron chi connectivity index (χ0n) is 14.5. The number of amides is 2. The van der Waals surface area contributed by atoms with Gasteiger partial charge in [0.15, 0.2) is 6.10 Å². The van der Waals surface area contributed by atoms with Gasteiger partial charge in [0.2, 0.25) is 5.91 Å². The number of carbonyl (C=O) groups excluding carboxylic acids is 2. The molecule has 0 radical (unpaired) electrons. The Morgan fingerprint density at radius 1 is 1.25 bits per heavy atom. The summed E-state index contributed by atoms with van der Waals surface area (Å²) in [5, 5.41) is 0. The fourth-order valence-electron chi connectivity index (χ4n) is 3.75. The summed E-state index contributed by atoms with van der Waals surface area (Å²) in [5.41, 5.74) is 1.05. The predicted octanol–water partition coefficient (Wildman–Crippen LogP) is 1.63. The number of rotatable bonds is 4. The van der Waals surface area contributed by atoms with Crippen molar-refractivity contribution in [3.63, 3.8) is 0 Å². The van der Waals surface area contributed by atoms with E-state index in [1.165, 1.54) is 0 Å². The summed E-state index contributed by atoms with van der Waals surface area (Å²) < 4.78 is 5.40. The standard InChI is InChI=1S/C18H25N3O3/c1-12(2)17(22)20-10-6-14(7-11-20)21-15(16(24-3)18(21)23)13-4-8-19-9-5-13/h4-5,8-9,12,14-16H,6-7,10-11H2,1-3H3.